The molecule has 1 aliphatic heterocycles. The topological polar surface area (TPSA) is 61.3 Å². The minimum Gasteiger partial charge on any atom is -0.394 e. The van der Waals surface area contributed by atoms with E-state index in [9.17, 15) is 5.11 Å². The molecule has 0 radical (unpaired) electrons. The van der Waals surface area contributed by atoms with Crippen LogP contribution in [0.1, 0.15) is 38.1 Å². The lowest BCUT2D eigenvalue weighted by atomic mass is 10.2. The number of anilines is 2. The third-order valence-corrected chi connectivity index (χ3v) is 3.69. The Hall–Kier alpha value is -1.36. The molecular formula is C14H24N4O. The van der Waals surface area contributed by atoms with Gasteiger partial charge in [-0.2, -0.15) is 0 Å². The molecule has 106 valence electrons. The first kappa shape index (κ1) is 14.1. The second-order valence-corrected chi connectivity index (χ2v) is 4.99. The van der Waals surface area contributed by atoms with Crippen molar-refractivity contribution < 1.29 is 5.11 Å². The molecule has 5 nitrogen and oxygen atoms in total. The van der Waals surface area contributed by atoms with Crippen LogP contribution < -0.4 is 10.2 Å². The van der Waals surface area contributed by atoms with E-state index in [-0.39, 0.29) is 12.6 Å². The van der Waals surface area contributed by atoms with Crippen LogP contribution in [0.3, 0.4) is 0 Å². The highest BCUT2D eigenvalue weighted by molar-refractivity contribution is 5.59. The maximum Gasteiger partial charge on any atom is 0.137 e. The predicted molar refractivity (Wildman–Crippen MR) is 77.8 cm³/mol. The Labute approximate surface area is 115 Å². The maximum atomic E-state index is 9.49. The van der Waals surface area contributed by atoms with Gasteiger partial charge in [-0.15, -0.1) is 0 Å². The van der Waals surface area contributed by atoms with E-state index in [4.69, 9.17) is 0 Å². The van der Waals surface area contributed by atoms with Gasteiger partial charge >= 0.3 is 0 Å². The van der Waals surface area contributed by atoms with Crippen LogP contribution in [0.4, 0.5) is 11.6 Å². The number of aliphatic hydroxyl groups excluding tert-OH is 1. The lowest BCUT2D eigenvalue weighted by molar-refractivity contribution is 0.266. The van der Waals surface area contributed by atoms with Crippen molar-refractivity contribution in [1.29, 1.82) is 0 Å². The number of nitrogens with zero attached hydrogens (tertiary/aromatic N) is 3. The van der Waals surface area contributed by atoms with E-state index in [0.29, 0.717) is 0 Å². The Balaban J connectivity index is 2.40. The molecule has 1 aliphatic rings. The summed E-state index contributed by atoms with van der Waals surface area (Å²) in [6.45, 7) is 8.21. The normalized spacial score (nSPS) is 18.9. The molecule has 0 spiro atoms. The molecular weight excluding hydrogens is 240 g/mol. The summed E-state index contributed by atoms with van der Waals surface area (Å²) < 4.78 is 0. The molecule has 2 rings (SSSR count). The van der Waals surface area contributed by atoms with Crippen LogP contribution in [0.25, 0.3) is 0 Å². The minimum absolute atomic E-state index is 0.196. The summed E-state index contributed by atoms with van der Waals surface area (Å²) in [5, 5.41) is 12.8. The maximum absolute atomic E-state index is 9.49. The molecule has 2 heterocycles. The van der Waals surface area contributed by atoms with Crippen molar-refractivity contribution in [1.82, 2.24) is 9.97 Å². The van der Waals surface area contributed by atoms with Crippen LogP contribution in [-0.4, -0.2) is 40.8 Å². The Morgan fingerprint density at radius 2 is 2.16 bits per heavy atom. The highest BCUT2D eigenvalue weighted by atomic mass is 16.3. The van der Waals surface area contributed by atoms with Crippen molar-refractivity contribution in [3.05, 3.63) is 11.4 Å². The van der Waals surface area contributed by atoms with Crippen LogP contribution in [0.2, 0.25) is 0 Å². The van der Waals surface area contributed by atoms with Gasteiger partial charge in [0, 0.05) is 25.1 Å². The molecule has 1 fully saturated rings. The van der Waals surface area contributed by atoms with Gasteiger partial charge in [-0.3, -0.25) is 0 Å². The standard InChI is InChI=1S/C14H24N4O/c1-4-12-16-13(15-5-2)10(3)14(17-12)18-8-6-7-11(18)9-19/h11,19H,4-9H2,1-3H3,(H,15,16,17). The number of rotatable bonds is 5. The molecule has 1 aromatic rings. The minimum atomic E-state index is 0.196. The fourth-order valence-corrected chi connectivity index (χ4v) is 2.63. The van der Waals surface area contributed by atoms with Crippen molar-refractivity contribution in [3.63, 3.8) is 0 Å². The number of aromatic nitrogens is 2. The highest BCUT2D eigenvalue weighted by Crippen LogP contribution is 2.29. The van der Waals surface area contributed by atoms with Gasteiger partial charge in [-0.25, -0.2) is 9.97 Å². The first-order valence-corrected chi connectivity index (χ1v) is 7.20. The van der Waals surface area contributed by atoms with Gasteiger partial charge in [0.05, 0.1) is 12.6 Å². The number of hydrogen-bond acceptors (Lipinski definition) is 5. The molecule has 0 bridgehead atoms. The molecule has 0 aliphatic carbocycles. The quantitative estimate of drug-likeness (QED) is 0.848. The zero-order valence-electron chi connectivity index (χ0n) is 12.1. The van der Waals surface area contributed by atoms with Crippen molar-refractivity contribution >= 4 is 11.6 Å². The van der Waals surface area contributed by atoms with E-state index < -0.39 is 0 Å². The highest BCUT2D eigenvalue weighted by Gasteiger charge is 2.27. The van der Waals surface area contributed by atoms with Crippen molar-refractivity contribution in [2.24, 2.45) is 0 Å². The lowest BCUT2D eigenvalue weighted by Gasteiger charge is -2.27. The van der Waals surface area contributed by atoms with Gasteiger partial charge in [-0.1, -0.05) is 6.92 Å². The molecule has 1 aromatic heterocycles. The molecule has 1 unspecified atom stereocenters. The summed E-state index contributed by atoms with van der Waals surface area (Å²) in [6, 6.07) is 0.202. The van der Waals surface area contributed by atoms with Crippen LogP contribution in [0.5, 0.6) is 0 Å². The van der Waals surface area contributed by atoms with E-state index in [1.54, 1.807) is 0 Å². The van der Waals surface area contributed by atoms with Gasteiger partial charge in [-0.05, 0) is 26.7 Å². The first-order chi connectivity index (χ1) is 9.21. The number of hydrogen-bond donors (Lipinski definition) is 2. The molecule has 19 heavy (non-hydrogen) atoms. The van der Waals surface area contributed by atoms with Gasteiger partial charge in [0.15, 0.2) is 0 Å². The zero-order chi connectivity index (χ0) is 13.8. The lowest BCUT2D eigenvalue weighted by Crippen LogP contribution is -2.33. The molecule has 5 heteroatoms. The van der Waals surface area contributed by atoms with Crippen LogP contribution >= 0.6 is 0 Å². The van der Waals surface area contributed by atoms with Crippen LogP contribution in [0, 0.1) is 6.92 Å². The van der Waals surface area contributed by atoms with Gasteiger partial charge in [0.1, 0.15) is 17.5 Å². The van der Waals surface area contributed by atoms with Crippen molar-refractivity contribution in [3.8, 4) is 0 Å². The first-order valence-electron chi connectivity index (χ1n) is 7.20. The summed E-state index contributed by atoms with van der Waals surface area (Å²) in [5.74, 6) is 2.77. The fourth-order valence-electron chi connectivity index (χ4n) is 2.63. The SMILES string of the molecule is CCNc1nc(CC)nc(N2CCCC2CO)c1C. The predicted octanol–water partition coefficient (Wildman–Crippen LogP) is 1.74. The molecule has 0 amide bonds. The molecule has 0 saturated carbocycles. The molecule has 1 saturated heterocycles. The largest absolute Gasteiger partial charge is 0.394 e. The third-order valence-electron chi connectivity index (χ3n) is 3.69. The average molecular weight is 264 g/mol. The fraction of sp³-hybridized carbons (Fsp3) is 0.714. The number of aliphatic hydroxyl groups is 1. The van der Waals surface area contributed by atoms with Crippen molar-refractivity contribution in [2.75, 3.05) is 29.9 Å². The summed E-state index contributed by atoms with van der Waals surface area (Å²) in [5.41, 5.74) is 1.08. The Bertz CT molecular complexity index is 436. The second-order valence-electron chi connectivity index (χ2n) is 4.99. The zero-order valence-corrected chi connectivity index (χ0v) is 12.1. The molecule has 0 aromatic carbocycles. The Morgan fingerprint density at radius 3 is 2.79 bits per heavy atom. The molecule has 2 N–H and O–H groups in total. The Kier molecular flexibility index (Phi) is 4.58. The summed E-state index contributed by atoms with van der Waals surface area (Å²) in [6.07, 6.45) is 2.98. The van der Waals surface area contributed by atoms with E-state index in [0.717, 1.165) is 55.4 Å². The van der Waals surface area contributed by atoms with Crippen molar-refractivity contribution in [2.45, 2.75) is 46.1 Å². The van der Waals surface area contributed by atoms with Gasteiger partial charge < -0.3 is 15.3 Å². The number of nitrogens with one attached hydrogen (secondary N) is 1. The Morgan fingerprint density at radius 1 is 1.37 bits per heavy atom. The van der Waals surface area contributed by atoms with E-state index >= 15 is 0 Å². The van der Waals surface area contributed by atoms with E-state index in [1.807, 2.05) is 0 Å². The smallest absolute Gasteiger partial charge is 0.137 e. The monoisotopic (exact) mass is 264 g/mol. The van der Waals surface area contributed by atoms with Crippen LogP contribution in [0.15, 0.2) is 0 Å². The summed E-state index contributed by atoms with van der Waals surface area (Å²) >= 11 is 0. The number of aryl methyl sites for hydroxylation is 1. The summed E-state index contributed by atoms with van der Waals surface area (Å²) in [4.78, 5) is 11.5. The van der Waals surface area contributed by atoms with E-state index in [1.165, 1.54) is 0 Å². The van der Waals surface area contributed by atoms with Gasteiger partial charge in [0.25, 0.3) is 0 Å². The van der Waals surface area contributed by atoms with E-state index in [2.05, 4.69) is 41.0 Å². The van der Waals surface area contributed by atoms with Crippen LogP contribution in [-0.2, 0) is 6.42 Å². The molecule has 1 atom stereocenters. The average Bonchev–Trinajstić information content (AvgIpc) is 2.89. The summed E-state index contributed by atoms with van der Waals surface area (Å²) in [7, 11) is 0. The second kappa shape index (κ2) is 6.19. The third kappa shape index (κ3) is 2.81. The van der Waals surface area contributed by atoms with Gasteiger partial charge in [0.2, 0.25) is 0 Å².